The van der Waals surface area contributed by atoms with Gasteiger partial charge in [0.05, 0.1) is 11.7 Å². The number of amides is 1. The van der Waals surface area contributed by atoms with Gasteiger partial charge in [-0.3, -0.25) is 9.59 Å². The van der Waals surface area contributed by atoms with E-state index in [0.29, 0.717) is 25.7 Å². The quantitative estimate of drug-likeness (QED) is 0.800. The predicted molar refractivity (Wildman–Crippen MR) is 73.0 cm³/mol. The lowest BCUT2D eigenvalue weighted by molar-refractivity contribution is -0.143. The van der Waals surface area contributed by atoms with Crippen LogP contribution < -0.4 is 5.32 Å². The highest BCUT2D eigenvalue weighted by Gasteiger charge is 2.36. The van der Waals surface area contributed by atoms with Gasteiger partial charge in [0.2, 0.25) is 5.91 Å². The molecule has 114 valence electrons. The standard InChI is InChI=1S/C13H21NO5S/c15-12(11-6-1-2-7-20(11,18)19)14-10-5-3-4-9(8-10)13(16)17/h9-11H,1-8H2,(H,14,15)(H,16,17). The molecular weight excluding hydrogens is 282 g/mol. The Kier molecular flexibility index (Phi) is 4.67. The topological polar surface area (TPSA) is 101 Å². The molecule has 0 bridgehead atoms. The molecular formula is C13H21NO5S. The van der Waals surface area contributed by atoms with E-state index in [4.69, 9.17) is 5.11 Å². The molecule has 0 aromatic carbocycles. The number of hydrogen-bond donors (Lipinski definition) is 2. The summed E-state index contributed by atoms with van der Waals surface area (Å²) in [5, 5.41) is 10.8. The third-order valence-corrected chi connectivity index (χ3v) is 6.42. The second kappa shape index (κ2) is 6.11. The van der Waals surface area contributed by atoms with E-state index in [0.717, 1.165) is 19.3 Å². The smallest absolute Gasteiger partial charge is 0.306 e. The molecule has 0 aromatic heterocycles. The maximum atomic E-state index is 12.1. The number of carboxylic acids is 1. The lowest BCUT2D eigenvalue weighted by atomic mass is 9.85. The van der Waals surface area contributed by atoms with Crippen LogP contribution in [0.3, 0.4) is 0 Å². The summed E-state index contributed by atoms with van der Waals surface area (Å²) in [6, 6.07) is -0.213. The highest BCUT2D eigenvalue weighted by Crippen LogP contribution is 2.25. The van der Waals surface area contributed by atoms with Gasteiger partial charge in [-0.2, -0.15) is 0 Å². The van der Waals surface area contributed by atoms with Gasteiger partial charge < -0.3 is 10.4 Å². The average Bonchev–Trinajstić information content (AvgIpc) is 2.38. The summed E-state index contributed by atoms with van der Waals surface area (Å²) >= 11 is 0. The van der Waals surface area contributed by atoms with Crippen LogP contribution in [0.15, 0.2) is 0 Å². The van der Waals surface area contributed by atoms with Crippen molar-refractivity contribution in [3.8, 4) is 0 Å². The summed E-state index contributed by atoms with van der Waals surface area (Å²) in [5.74, 6) is -1.64. The first-order valence-corrected chi connectivity index (χ1v) is 8.86. The van der Waals surface area contributed by atoms with Crippen molar-refractivity contribution in [3.63, 3.8) is 0 Å². The molecule has 1 saturated carbocycles. The third-order valence-electron chi connectivity index (χ3n) is 4.24. The molecule has 1 saturated heterocycles. The first kappa shape index (κ1) is 15.3. The number of rotatable bonds is 3. The number of carbonyl (C=O) groups excluding carboxylic acids is 1. The van der Waals surface area contributed by atoms with Gasteiger partial charge >= 0.3 is 5.97 Å². The first-order valence-electron chi connectivity index (χ1n) is 7.15. The van der Waals surface area contributed by atoms with Crippen molar-refractivity contribution in [1.29, 1.82) is 0 Å². The maximum Gasteiger partial charge on any atom is 0.306 e. The van der Waals surface area contributed by atoms with Crippen LogP contribution in [-0.4, -0.2) is 42.4 Å². The van der Waals surface area contributed by atoms with Crippen molar-refractivity contribution in [3.05, 3.63) is 0 Å². The Morgan fingerprint density at radius 1 is 1.05 bits per heavy atom. The highest BCUT2D eigenvalue weighted by atomic mass is 32.2. The molecule has 2 N–H and O–H groups in total. The average molecular weight is 303 g/mol. The number of aliphatic carboxylic acids is 1. The monoisotopic (exact) mass is 303 g/mol. The Bertz CT molecular complexity index is 487. The van der Waals surface area contributed by atoms with Gasteiger partial charge in [0.25, 0.3) is 0 Å². The van der Waals surface area contributed by atoms with Gasteiger partial charge in [-0.1, -0.05) is 12.8 Å². The summed E-state index contributed by atoms with van der Waals surface area (Å²) in [7, 11) is -3.33. The minimum Gasteiger partial charge on any atom is -0.481 e. The molecule has 0 radical (unpaired) electrons. The van der Waals surface area contributed by atoms with Crippen molar-refractivity contribution < 1.29 is 23.1 Å². The number of hydrogen-bond acceptors (Lipinski definition) is 4. The summed E-state index contributed by atoms with van der Waals surface area (Å²) in [5.41, 5.74) is 0. The minimum absolute atomic E-state index is 0.0769. The van der Waals surface area contributed by atoms with Crippen molar-refractivity contribution >= 4 is 21.7 Å². The number of carbonyl (C=O) groups is 2. The number of sulfone groups is 1. The zero-order valence-electron chi connectivity index (χ0n) is 11.4. The predicted octanol–water partition coefficient (Wildman–Crippen LogP) is 0.713. The normalized spacial score (nSPS) is 33.3. The van der Waals surface area contributed by atoms with Crippen LogP contribution >= 0.6 is 0 Å². The molecule has 3 atom stereocenters. The van der Waals surface area contributed by atoms with Gasteiger partial charge in [-0.05, 0) is 32.1 Å². The highest BCUT2D eigenvalue weighted by molar-refractivity contribution is 7.92. The largest absolute Gasteiger partial charge is 0.481 e. The Hall–Kier alpha value is -1.11. The van der Waals surface area contributed by atoms with E-state index in [-0.39, 0.29) is 11.8 Å². The van der Waals surface area contributed by atoms with Crippen LogP contribution in [0.5, 0.6) is 0 Å². The van der Waals surface area contributed by atoms with E-state index in [1.165, 1.54) is 0 Å². The van der Waals surface area contributed by atoms with Gasteiger partial charge in [0.1, 0.15) is 5.25 Å². The van der Waals surface area contributed by atoms with Crippen LogP contribution in [0.1, 0.15) is 44.9 Å². The van der Waals surface area contributed by atoms with Crippen LogP contribution in [-0.2, 0) is 19.4 Å². The molecule has 7 heteroatoms. The zero-order chi connectivity index (χ0) is 14.8. The molecule has 2 fully saturated rings. The third kappa shape index (κ3) is 3.50. The zero-order valence-corrected chi connectivity index (χ0v) is 12.2. The fraction of sp³-hybridized carbons (Fsp3) is 0.846. The molecule has 1 aliphatic heterocycles. The van der Waals surface area contributed by atoms with Crippen LogP contribution in [0.4, 0.5) is 0 Å². The molecule has 6 nitrogen and oxygen atoms in total. The lowest BCUT2D eigenvalue weighted by Crippen LogP contribution is -2.48. The summed E-state index contributed by atoms with van der Waals surface area (Å²) in [6.07, 6.45) is 4.25. The Morgan fingerprint density at radius 2 is 1.80 bits per heavy atom. The van der Waals surface area contributed by atoms with E-state index < -0.39 is 32.9 Å². The molecule has 20 heavy (non-hydrogen) atoms. The van der Waals surface area contributed by atoms with E-state index >= 15 is 0 Å². The van der Waals surface area contributed by atoms with E-state index in [9.17, 15) is 18.0 Å². The van der Waals surface area contributed by atoms with Crippen LogP contribution in [0.2, 0.25) is 0 Å². The molecule has 1 heterocycles. The molecule has 3 unspecified atom stereocenters. The molecule has 0 aromatic rings. The summed E-state index contributed by atoms with van der Waals surface area (Å²) in [6.45, 7) is 0. The minimum atomic E-state index is -3.33. The van der Waals surface area contributed by atoms with E-state index in [1.807, 2.05) is 0 Å². The SMILES string of the molecule is O=C(O)C1CCCC(NC(=O)C2CCCCS2(=O)=O)C1. The maximum absolute atomic E-state index is 12.1. The van der Waals surface area contributed by atoms with Crippen molar-refractivity contribution in [1.82, 2.24) is 5.32 Å². The second-order valence-electron chi connectivity index (χ2n) is 5.76. The van der Waals surface area contributed by atoms with Gasteiger partial charge in [0.15, 0.2) is 9.84 Å². The van der Waals surface area contributed by atoms with Crippen molar-refractivity contribution in [2.24, 2.45) is 5.92 Å². The number of carboxylic acid groups (broad SMARTS) is 1. The molecule has 2 rings (SSSR count). The molecule has 1 aliphatic carbocycles. The fourth-order valence-electron chi connectivity index (χ4n) is 3.09. The Labute approximate surface area is 118 Å². The first-order chi connectivity index (χ1) is 9.40. The second-order valence-corrected chi connectivity index (χ2v) is 8.06. The number of nitrogens with one attached hydrogen (secondary N) is 1. The van der Waals surface area contributed by atoms with E-state index in [1.54, 1.807) is 0 Å². The Balaban J connectivity index is 1.95. The van der Waals surface area contributed by atoms with Crippen molar-refractivity contribution in [2.45, 2.75) is 56.2 Å². The van der Waals surface area contributed by atoms with Crippen molar-refractivity contribution in [2.75, 3.05) is 5.75 Å². The van der Waals surface area contributed by atoms with Gasteiger partial charge in [-0.25, -0.2) is 8.42 Å². The Morgan fingerprint density at radius 3 is 2.45 bits per heavy atom. The van der Waals surface area contributed by atoms with Gasteiger partial charge in [-0.15, -0.1) is 0 Å². The summed E-state index contributed by atoms with van der Waals surface area (Å²) < 4.78 is 23.8. The molecule has 1 amide bonds. The molecule has 0 spiro atoms. The molecule has 2 aliphatic rings. The van der Waals surface area contributed by atoms with E-state index in [2.05, 4.69) is 5.32 Å². The lowest BCUT2D eigenvalue weighted by Gasteiger charge is -2.29. The fourth-order valence-corrected chi connectivity index (χ4v) is 4.90. The van der Waals surface area contributed by atoms with Crippen LogP contribution in [0, 0.1) is 5.92 Å². The van der Waals surface area contributed by atoms with Crippen LogP contribution in [0.25, 0.3) is 0 Å². The summed E-state index contributed by atoms with van der Waals surface area (Å²) in [4.78, 5) is 23.1. The van der Waals surface area contributed by atoms with Gasteiger partial charge in [0, 0.05) is 6.04 Å².